The molecular formula is C17H22N6. The van der Waals surface area contributed by atoms with Crippen molar-refractivity contribution >= 4 is 10.9 Å². The Morgan fingerprint density at radius 3 is 2.87 bits per heavy atom. The van der Waals surface area contributed by atoms with Crippen LogP contribution in [0, 0.1) is 0 Å². The van der Waals surface area contributed by atoms with Crippen LogP contribution in [0.5, 0.6) is 0 Å². The van der Waals surface area contributed by atoms with E-state index in [-0.39, 0.29) is 0 Å². The van der Waals surface area contributed by atoms with E-state index in [0.717, 1.165) is 60.9 Å². The fraction of sp³-hybridized carbons (Fsp3) is 0.471. The predicted octanol–water partition coefficient (Wildman–Crippen LogP) is 2.90. The maximum Gasteiger partial charge on any atom is 0.161 e. The van der Waals surface area contributed by atoms with Gasteiger partial charge < -0.3 is 4.98 Å². The SMILES string of the molecule is CCCc1n[nH]c2ccc(-c3nnc(CN4CCCC4)[nH]3)cc12. The minimum atomic E-state index is 0.838. The number of aryl methyl sites for hydroxylation is 1. The average molecular weight is 310 g/mol. The number of benzene rings is 1. The minimum absolute atomic E-state index is 0.838. The van der Waals surface area contributed by atoms with Crippen molar-refractivity contribution in [2.24, 2.45) is 0 Å². The second-order valence-electron chi connectivity index (χ2n) is 6.28. The number of hydrogen-bond acceptors (Lipinski definition) is 4. The fourth-order valence-corrected chi connectivity index (χ4v) is 3.29. The van der Waals surface area contributed by atoms with Crippen molar-refractivity contribution in [3.63, 3.8) is 0 Å². The Morgan fingerprint density at radius 1 is 1.17 bits per heavy atom. The highest BCUT2D eigenvalue weighted by Crippen LogP contribution is 2.24. The van der Waals surface area contributed by atoms with Gasteiger partial charge in [-0.05, 0) is 50.6 Å². The van der Waals surface area contributed by atoms with Gasteiger partial charge in [0.25, 0.3) is 0 Å². The van der Waals surface area contributed by atoms with Gasteiger partial charge in [-0.1, -0.05) is 13.3 Å². The molecule has 0 bridgehead atoms. The van der Waals surface area contributed by atoms with Crippen LogP contribution in [-0.4, -0.2) is 43.4 Å². The number of aromatic nitrogens is 5. The molecule has 0 amide bonds. The lowest BCUT2D eigenvalue weighted by Gasteiger charge is -2.11. The Balaban J connectivity index is 1.60. The predicted molar refractivity (Wildman–Crippen MR) is 90.0 cm³/mol. The van der Waals surface area contributed by atoms with Crippen LogP contribution in [0.15, 0.2) is 18.2 Å². The molecule has 0 spiro atoms. The highest BCUT2D eigenvalue weighted by Gasteiger charge is 2.15. The van der Waals surface area contributed by atoms with Crippen LogP contribution in [0.2, 0.25) is 0 Å². The van der Waals surface area contributed by atoms with E-state index in [9.17, 15) is 0 Å². The first-order valence-electron chi connectivity index (χ1n) is 8.45. The summed E-state index contributed by atoms with van der Waals surface area (Å²) in [6.45, 7) is 5.36. The molecule has 1 fully saturated rings. The summed E-state index contributed by atoms with van der Waals surface area (Å²) in [5.41, 5.74) is 3.27. The van der Waals surface area contributed by atoms with Crippen LogP contribution in [0.3, 0.4) is 0 Å². The Hall–Kier alpha value is -2.21. The minimum Gasteiger partial charge on any atom is -0.324 e. The monoisotopic (exact) mass is 310 g/mol. The van der Waals surface area contributed by atoms with Gasteiger partial charge in [0, 0.05) is 10.9 Å². The van der Waals surface area contributed by atoms with Crippen molar-refractivity contribution in [2.45, 2.75) is 39.2 Å². The number of likely N-dealkylation sites (tertiary alicyclic amines) is 1. The van der Waals surface area contributed by atoms with Gasteiger partial charge in [-0.25, -0.2) is 0 Å². The third kappa shape index (κ3) is 2.86. The summed E-state index contributed by atoms with van der Waals surface area (Å²) in [4.78, 5) is 5.79. The van der Waals surface area contributed by atoms with Crippen LogP contribution in [0.25, 0.3) is 22.3 Å². The molecule has 6 nitrogen and oxygen atoms in total. The van der Waals surface area contributed by atoms with E-state index in [1.807, 2.05) is 0 Å². The molecule has 0 saturated carbocycles. The first kappa shape index (κ1) is 14.4. The lowest BCUT2D eigenvalue weighted by atomic mass is 10.1. The maximum absolute atomic E-state index is 4.42. The number of nitrogens with zero attached hydrogens (tertiary/aromatic N) is 4. The van der Waals surface area contributed by atoms with Crippen molar-refractivity contribution in [2.75, 3.05) is 13.1 Å². The number of aromatic amines is 2. The van der Waals surface area contributed by atoms with Gasteiger partial charge >= 0.3 is 0 Å². The number of rotatable bonds is 5. The van der Waals surface area contributed by atoms with E-state index >= 15 is 0 Å². The smallest absolute Gasteiger partial charge is 0.161 e. The van der Waals surface area contributed by atoms with Crippen molar-refractivity contribution < 1.29 is 0 Å². The zero-order chi connectivity index (χ0) is 15.6. The summed E-state index contributed by atoms with van der Waals surface area (Å²) >= 11 is 0. The van der Waals surface area contributed by atoms with Gasteiger partial charge in [-0.2, -0.15) is 5.10 Å². The van der Waals surface area contributed by atoms with Crippen LogP contribution < -0.4 is 0 Å². The van der Waals surface area contributed by atoms with Crippen LogP contribution >= 0.6 is 0 Å². The highest BCUT2D eigenvalue weighted by atomic mass is 15.3. The summed E-state index contributed by atoms with van der Waals surface area (Å²) in [6, 6.07) is 6.29. The summed E-state index contributed by atoms with van der Waals surface area (Å²) in [6.07, 6.45) is 4.66. The largest absolute Gasteiger partial charge is 0.324 e. The number of H-pyrrole nitrogens is 2. The first-order valence-corrected chi connectivity index (χ1v) is 8.45. The molecule has 0 atom stereocenters. The van der Waals surface area contributed by atoms with Crippen LogP contribution in [0.4, 0.5) is 0 Å². The number of nitrogens with one attached hydrogen (secondary N) is 2. The standard InChI is InChI=1S/C17H22N6/c1-2-5-14-13-10-12(6-7-15(13)20-19-14)17-18-16(21-22-17)11-23-8-3-4-9-23/h6-7,10H,2-5,8-9,11H2,1H3,(H,19,20)(H,18,21,22). The summed E-state index contributed by atoms with van der Waals surface area (Å²) in [5, 5.41) is 17.3. The zero-order valence-corrected chi connectivity index (χ0v) is 13.5. The van der Waals surface area contributed by atoms with Crippen molar-refractivity contribution in [3.8, 4) is 11.4 Å². The van der Waals surface area contributed by atoms with Crippen LogP contribution in [-0.2, 0) is 13.0 Å². The molecule has 3 heterocycles. The van der Waals surface area contributed by atoms with Gasteiger partial charge in [0.15, 0.2) is 5.82 Å². The Labute approximate surface area is 135 Å². The zero-order valence-electron chi connectivity index (χ0n) is 13.5. The van der Waals surface area contributed by atoms with E-state index in [1.165, 1.54) is 18.2 Å². The molecule has 6 heteroatoms. The molecule has 2 aromatic heterocycles. The molecule has 4 rings (SSSR count). The highest BCUT2D eigenvalue weighted by molar-refractivity contribution is 5.85. The molecule has 1 aliphatic rings. The molecule has 1 aliphatic heterocycles. The molecule has 3 aromatic rings. The van der Waals surface area contributed by atoms with Gasteiger partial charge in [-0.15, -0.1) is 10.2 Å². The van der Waals surface area contributed by atoms with E-state index in [1.54, 1.807) is 0 Å². The van der Waals surface area contributed by atoms with E-state index < -0.39 is 0 Å². The molecule has 120 valence electrons. The van der Waals surface area contributed by atoms with E-state index in [0.29, 0.717) is 0 Å². The lowest BCUT2D eigenvalue weighted by Crippen LogP contribution is -2.19. The van der Waals surface area contributed by atoms with Crippen LogP contribution in [0.1, 0.15) is 37.7 Å². The Kier molecular flexibility index (Phi) is 3.83. The molecule has 23 heavy (non-hydrogen) atoms. The Morgan fingerprint density at radius 2 is 2.04 bits per heavy atom. The number of hydrogen-bond donors (Lipinski definition) is 2. The Bertz CT molecular complexity index is 796. The summed E-state index contributed by atoms with van der Waals surface area (Å²) < 4.78 is 0. The van der Waals surface area contributed by atoms with Crippen molar-refractivity contribution in [3.05, 3.63) is 29.7 Å². The maximum atomic E-state index is 4.42. The topological polar surface area (TPSA) is 73.5 Å². The third-order valence-corrected chi connectivity index (χ3v) is 4.51. The average Bonchev–Trinajstić information content (AvgIpc) is 3.29. The molecule has 0 aliphatic carbocycles. The summed E-state index contributed by atoms with van der Waals surface area (Å²) in [7, 11) is 0. The van der Waals surface area contributed by atoms with Crippen molar-refractivity contribution in [1.29, 1.82) is 0 Å². The molecule has 1 saturated heterocycles. The molecule has 0 radical (unpaired) electrons. The third-order valence-electron chi connectivity index (χ3n) is 4.51. The molecule has 2 N–H and O–H groups in total. The first-order chi connectivity index (χ1) is 11.3. The second kappa shape index (κ2) is 6.12. The van der Waals surface area contributed by atoms with Gasteiger partial charge in [0.05, 0.1) is 17.8 Å². The van der Waals surface area contributed by atoms with Gasteiger partial charge in [0.1, 0.15) is 5.82 Å². The molecule has 0 unspecified atom stereocenters. The van der Waals surface area contributed by atoms with Crippen molar-refractivity contribution in [1.82, 2.24) is 30.3 Å². The molecular weight excluding hydrogens is 288 g/mol. The number of fused-ring (bicyclic) bond motifs is 1. The lowest BCUT2D eigenvalue weighted by molar-refractivity contribution is 0.323. The van der Waals surface area contributed by atoms with Gasteiger partial charge in [0.2, 0.25) is 0 Å². The second-order valence-corrected chi connectivity index (χ2v) is 6.28. The van der Waals surface area contributed by atoms with Gasteiger partial charge in [-0.3, -0.25) is 10.00 Å². The van der Waals surface area contributed by atoms with E-state index in [4.69, 9.17) is 0 Å². The quantitative estimate of drug-likeness (QED) is 0.760. The normalized spacial score (nSPS) is 15.7. The molecule has 1 aromatic carbocycles. The summed E-state index contributed by atoms with van der Waals surface area (Å²) in [5.74, 6) is 1.78. The fourth-order valence-electron chi connectivity index (χ4n) is 3.29. The van der Waals surface area contributed by atoms with E-state index in [2.05, 4.69) is 55.4 Å².